The number of H-pyrrole nitrogens is 1. The minimum atomic E-state index is -0.282. The zero-order valence-electron chi connectivity index (χ0n) is 11.5. The molecule has 0 amide bonds. The van der Waals surface area contributed by atoms with Crippen LogP contribution in [-0.4, -0.2) is 10.2 Å². The molecule has 0 aliphatic carbocycles. The number of aryl methyl sites for hydroxylation is 1. The third kappa shape index (κ3) is 2.49. The first kappa shape index (κ1) is 14.7. The van der Waals surface area contributed by atoms with E-state index in [0.29, 0.717) is 16.5 Å². The summed E-state index contributed by atoms with van der Waals surface area (Å²) in [4.78, 5) is 11.9. The molecule has 0 aliphatic heterocycles. The number of nitrogen functional groups attached to an aromatic ring is 1. The summed E-state index contributed by atoms with van der Waals surface area (Å²) in [6.45, 7) is 1.84. The van der Waals surface area contributed by atoms with Crippen LogP contribution in [0.1, 0.15) is 5.56 Å². The lowest BCUT2D eigenvalue weighted by molar-refractivity contribution is 0.461. The molecule has 5 nitrogen and oxygen atoms in total. The van der Waals surface area contributed by atoms with Gasteiger partial charge in [0.25, 0.3) is 5.56 Å². The number of nitrogens with one attached hydrogen (secondary N) is 1. The van der Waals surface area contributed by atoms with Crippen LogP contribution in [0, 0.1) is 6.92 Å². The number of hydrogen-bond donors (Lipinski definition) is 2. The number of ether oxygens (including phenoxy) is 1. The molecule has 0 unspecified atom stereocenters. The molecule has 0 atom stereocenters. The molecule has 0 aliphatic rings. The van der Waals surface area contributed by atoms with E-state index in [9.17, 15) is 4.79 Å². The van der Waals surface area contributed by atoms with Gasteiger partial charge in [0.2, 0.25) is 5.88 Å². The molecule has 0 radical (unpaired) electrons. The maximum Gasteiger partial charge on any atom is 0.272 e. The Labute approximate surface area is 135 Å². The normalized spacial score (nSPS) is 10.9. The number of benzene rings is 2. The van der Waals surface area contributed by atoms with Crippen molar-refractivity contribution in [3.63, 3.8) is 0 Å². The fraction of sp³-hybridized carbons (Fsp3) is 0.0667. The third-order valence-corrected chi connectivity index (χ3v) is 3.77. The fourth-order valence-corrected chi connectivity index (χ4v) is 2.80. The fourth-order valence-electron chi connectivity index (χ4n) is 2.22. The lowest BCUT2D eigenvalue weighted by Gasteiger charge is -2.11. The number of anilines is 1. The van der Waals surface area contributed by atoms with Crippen molar-refractivity contribution in [2.75, 3.05) is 5.73 Å². The van der Waals surface area contributed by atoms with Gasteiger partial charge in [0.15, 0.2) is 5.75 Å². The van der Waals surface area contributed by atoms with Gasteiger partial charge >= 0.3 is 0 Å². The predicted molar refractivity (Wildman–Crippen MR) is 88.0 cm³/mol. The Balaban J connectivity index is 2.19. The largest absolute Gasteiger partial charge is 0.434 e. The van der Waals surface area contributed by atoms with Crippen LogP contribution in [0.2, 0.25) is 10.0 Å². The van der Waals surface area contributed by atoms with Crippen LogP contribution in [0.3, 0.4) is 0 Å². The minimum Gasteiger partial charge on any atom is -0.434 e. The molecule has 3 N–H and O–H groups in total. The van der Waals surface area contributed by atoms with E-state index in [-0.39, 0.29) is 27.2 Å². The molecule has 3 rings (SSSR count). The molecule has 0 saturated carbocycles. The van der Waals surface area contributed by atoms with E-state index in [1.54, 1.807) is 6.07 Å². The summed E-state index contributed by atoms with van der Waals surface area (Å²) in [5, 5.41) is 7.96. The highest BCUT2D eigenvalue weighted by Gasteiger charge is 2.15. The second kappa shape index (κ2) is 5.51. The Morgan fingerprint density at radius 1 is 1.23 bits per heavy atom. The molecular weight excluding hydrogens is 325 g/mol. The lowest BCUT2D eigenvalue weighted by Crippen LogP contribution is -2.10. The van der Waals surface area contributed by atoms with Crippen LogP contribution in [0.5, 0.6) is 11.6 Å². The molecule has 7 heteroatoms. The number of aromatic nitrogens is 2. The highest BCUT2D eigenvalue weighted by Crippen LogP contribution is 2.38. The first-order valence-electron chi connectivity index (χ1n) is 6.37. The van der Waals surface area contributed by atoms with Gasteiger partial charge in [0.05, 0.1) is 20.8 Å². The van der Waals surface area contributed by atoms with Crippen LogP contribution in [0.25, 0.3) is 10.8 Å². The molecule has 0 saturated heterocycles. The van der Waals surface area contributed by atoms with E-state index in [2.05, 4.69) is 10.2 Å². The maximum absolute atomic E-state index is 11.9. The molecule has 22 heavy (non-hydrogen) atoms. The van der Waals surface area contributed by atoms with Crippen LogP contribution >= 0.6 is 23.2 Å². The number of fused-ring (bicyclic) bond motifs is 1. The molecule has 0 fully saturated rings. The quantitative estimate of drug-likeness (QED) is 0.695. The van der Waals surface area contributed by atoms with Crippen molar-refractivity contribution in [2.24, 2.45) is 0 Å². The maximum atomic E-state index is 11.9. The molecule has 112 valence electrons. The molecule has 3 aromatic rings. The highest BCUT2D eigenvalue weighted by molar-refractivity contribution is 6.37. The summed E-state index contributed by atoms with van der Waals surface area (Å²) in [5.74, 6) is 0.451. The van der Waals surface area contributed by atoms with Gasteiger partial charge in [-0.1, -0.05) is 35.3 Å². The van der Waals surface area contributed by atoms with Crippen molar-refractivity contribution in [2.45, 2.75) is 6.92 Å². The van der Waals surface area contributed by atoms with Gasteiger partial charge in [0.1, 0.15) is 0 Å². The summed E-state index contributed by atoms with van der Waals surface area (Å²) in [5.41, 5.74) is 6.63. The topological polar surface area (TPSA) is 81.0 Å². The van der Waals surface area contributed by atoms with Crippen LogP contribution in [0.4, 0.5) is 5.69 Å². The van der Waals surface area contributed by atoms with E-state index in [0.717, 1.165) is 5.56 Å². The number of nitrogens with zero attached hydrogens (tertiary/aromatic N) is 1. The monoisotopic (exact) mass is 335 g/mol. The summed E-state index contributed by atoms with van der Waals surface area (Å²) >= 11 is 12.2. The molecule has 1 aromatic heterocycles. The average Bonchev–Trinajstić information content (AvgIpc) is 2.45. The Kier molecular flexibility index (Phi) is 3.68. The SMILES string of the molecule is Cc1cccc2c(Oc3c(Cl)cc(N)cc3Cl)n[nH]c(=O)c12. The number of halogens is 2. The Bertz CT molecular complexity index is 915. The Morgan fingerprint density at radius 2 is 1.91 bits per heavy atom. The Morgan fingerprint density at radius 3 is 2.59 bits per heavy atom. The van der Waals surface area contributed by atoms with Crippen molar-refractivity contribution in [3.8, 4) is 11.6 Å². The number of hydrogen-bond acceptors (Lipinski definition) is 4. The van der Waals surface area contributed by atoms with Crippen molar-refractivity contribution in [3.05, 3.63) is 56.3 Å². The van der Waals surface area contributed by atoms with Crippen LogP contribution in [0.15, 0.2) is 35.1 Å². The van der Waals surface area contributed by atoms with Gasteiger partial charge in [0, 0.05) is 5.69 Å². The van der Waals surface area contributed by atoms with Crippen LogP contribution < -0.4 is 16.0 Å². The van der Waals surface area contributed by atoms with Crippen LogP contribution in [-0.2, 0) is 0 Å². The molecule has 0 bridgehead atoms. The van der Waals surface area contributed by atoms with E-state index >= 15 is 0 Å². The smallest absolute Gasteiger partial charge is 0.272 e. The van der Waals surface area contributed by atoms with Gasteiger partial charge in [-0.3, -0.25) is 4.79 Å². The summed E-state index contributed by atoms with van der Waals surface area (Å²) < 4.78 is 5.72. The van der Waals surface area contributed by atoms with Crippen molar-refractivity contribution in [1.29, 1.82) is 0 Å². The second-order valence-electron chi connectivity index (χ2n) is 4.77. The molecular formula is C15H11Cl2N3O2. The van der Waals surface area contributed by atoms with Crippen molar-refractivity contribution in [1.82, 2.24) is 10.2 Å². The second-order valence-corrected chi connectivity index (χ2v) is 5.59. The van der Waals surface area contributed by atoms with Gasteiger partial charge in [-0.2, -0.15) is 0 Å². The van der Waals surface area contributed by atoms with Crippen molar-refractivity contribution >= 4 is 39.7 Å². The van der Waals surface area contributed by atoms with E-state index in [1.807, 2.05) is 19.1 Å². The van der Waals surface area contributed by atoms with Gasteiger partial charge in [-0.05, 0) is 30.7 Å². The van der Waals surface area contributed by atoms with Gasteiger partial charge in [-0.25, -0.2) is 5.10 Å². The zero-order valence-corrected chi connectivity index (χ0v) is 13.0. The molecule has 1 heterocycles. The molecule has 0 spiro atoms. The highest BCUT2D eigenvalue weighted by atomic mass is 35.5. The van der Waals surface area contributed by atoms with Crippen molar-refractivity contribution < 1.29 is 4.74 Å². The summed E-state index contributed by atoms with van der Waals surface area (Å²) in [6, 6.07) is 8.46. The third-order valence-electron chi connectivity index (χ3n) is 3.21. The average molecular weight is 336 g/mol. The lowest BCUT2D eigenvalue weighted by atomic mass is 10.1. The minimum absolute atomic E-state index is 0.215. The van der Waals surface area contributed by atoms with E-state index in [4.69, 9.17) is 33.7 Å². The predicted octanol–water partition coefficient (Wildman–Crippen LogP) is 3.91. The van der Waals surface area contributed by atoms with Gasteiger partial charge in [-0.15, -0.1) is 5.10 Å². The number of nitrogens with two attached hydrogens (primary N) is 1. The first-order valence-corrected chi connectivity index (χ1v) is 7.13. The first-order chi connectivity index (χ1) is 10.5. The summed E-state index contributed by atoms with van der Waals surface area (Å²) in [6.07, 6.45) is 0. The standard InChI is InChI=1S/C15H11Cl2N3O2/c1-7-3-2-4-9-12(7)14(21)19-20-15(9)22-13-10(16)5-8(18)6-11(13)17/h2-6H,18H2,1H3,(H,19,21). The summed E-state index contributed by atoms with van der Waals surface area (Å²) in [7, 11) is 0. The number of aromatic amines is 1. The zero-order chi connectivity index (χ0) is 15.9. The number of rotatable bonds is 2. The van der Waals surface area contributed by atoms with Gasteiger partial charge < -0.3 is 10.5 Å². The van der Waals surface area contributed by atoms with E-state index < -0.39 is 0 Å². The Hall–Kier alpha value is -2.24. The van der Waals surface area contributed by atoms with E-state index in [1.165, 1.54) is 12.1 Å². The molecule has 2 aromatic carbocycles.